The topological polar surface area (TPSA) is 0 Å². The molecule has 3 aromatic rings. The van der Waals surface area contributed by atoms with Gasteiger partial charge >= 0.3 is 0 Å². The van der Waals surface area contributed by atoms with Gasteiger partial charge in [-0.15, -0.1) is 0 Å². The highest BCUT2D eigenvalue weighted by atomic mass is 28.3. The molecule has 181 valence electrons. The molecule has 0 atom stereocenters. The van der Waals surface area contributed by atoms with E-state index >= 15 is 0 Å². The highest BCUT2D eigenvalue weighted by molar-refractivity contribution is 6.97. The van der Waals surface area contributed by atoms with Crippen molar-refractivity contribution in [3.63, 3.8) is 0 Å². The SMILES string of the molecule is Cc1c(C)c(C)c([Si](c2c(C)c(C)c(C)c(C)c2C)c2c(C)c(C)c(C)c(C)c2C)c(C)c1C. The lowest BCUT2D eigenvalue weighted by Crippen LogP contribution is -2.58. The molecule has 0 heterocycles. The Kier molecular flexibility index (Phi) is 7.13. The first-order valence-corrected chi connectivity index (χ1v) is 14.2. The van der Waals surface area contributed by atoms with Crippen molar-refractivity contribution in [2.75, 3.05) is 0 Å². The predicted octanol–water partition coefficient (Wildman–Crippen LogP) is 6.83. The third-order valence-electron chi connectivity index (χ3n) is 9.75. The first kappa shape index (κ1) is 26.5. The summed E-state index contributed by atoms with van der Waals surface area (Å²) in [5.41, 5.74) is 22.1. The van der Waals surface area contributed by atoms with E-state index in [0.717, 1.165) is 0 Å². The van der Waals surface area contributed by atoms with E-state index < -0.39 is 8.80 Å². The molecule has 0 bridgehead atoms. The Balaban J connectivity index is 2.68. The summed E-state index contributed by atoms with van der Waals surface area (Å²) >= 11 is 0. The quantitative estimate of drug-likeness (QED) is 0.291. The maximum Gasteiger partial charge on any atom is 0.156 e. The summed E-state index contributed by atoms with van der Waals surface area (Å²) < 4.78 is 0. The zero-order valence-electron chi connectivity index (χ0n) is 24.5. The van der Waals surface area contributed by atoms with Crippen LogP contribution >= 0.6 is 0 Å². The van der Waals surface area contributed by atoms with Gasteiger partial charge in [0.1, 0.15) is 0 Å². The summed E-state index contributed by atoms with van der Waals surface area (Å²) in [4.78, 5) is 0. The minimum atomic E-state index is -1.24. The third-order valence-corrected chi connectivity index (χ3v) is 13.5. The lowest BCUT2D eigenvalue weighted by atomic mass is 9.94. The van der Waals surface area contributed by atoms with Gasteiger partial charge in [-0.05, 0) is 203 Å². The Labute approximate surface area is 211 Å². The van der Waals surface area contributed by atoms with Crippen molar-refractivity contribution in [2.45, 2.75) is 104 Å². The second kappa shape index (κ2) is 9.15. The molecule has 3 aromatic carbocycles. The monoisotopic (exact) mass is 469 g/mol. The van der Waals surface area contributed by atoms with Crippen LogP contribution in [0.2, 0.25) is 0 Å². The molecular weight excluding hydrogens is 424 g/mol. The Morgan fingerprint density at radius 1 is 0.206 bits per heavy atom. The van der Waals surface area contributed by atoms with Crippen LogP contribution in [-0.4, -0.2) is 8.80 Å². The standard InChI is InChI=1S/C33H45Si/c1-16-19(4)25(10)31(26(11)20(16)5)34(32-27(12)21(6)17(2)22(7)28(32)13)33-29(14)23(8)18(3)24(9)30(33)15/h1-15H3. The van der Waals surface area contributed by atoms with E-state index in [1.165, 1.54) is 83.5 Å². The second-order valence-corrected chi connectivity index (χ2v) is 13.1. The van der Waals surface area contributed by atoms with Crippen molar-refractivity contribution >= 4 is 24.4 Å². The van der Waals surface area contributed by atoms with Crippen LogP contribution in [0.15, 0.2) is 0 Å². The number of rotatable bonds is 3. The summed E-state index contributed by atoms with van der Waals surface area (Å²) in [5, 5.41) is 4.86. The van der Waals surface area contributed by atoms with Crippen LogP contribution in [0.3, 0.4) is 0 Å². The van der Waals surface area contributed by atoms with Gasteiger partial charge in [-0.25, -0.2) is 0 Å². The van der Waals surface area contributed by atoms with E-state index in [4.69, 9.17) is 0 Å². The van der Waals surface area contributed by atoms with E-state index in [0.29, 0.717) is 0 Å². The predicted molar refractivity (Wildman–Crippen MR) is 155 cm³/mol. The molecule has 0 amide bonds. The summed E-state index contributed by atoms with van der Waals surface area (Å²) in [7, 11) is -1.24. The van der Waals surface area contributed by atoms with Gasteiger partial charge in [0.15, 0.2) is 8.80 Å². The minimum Gasteiger partial charge on any atom is -0.0478 e. The summed E-state index contributed by atoms with van der Waals surface area (Å²) in [6.45, 7) is 35.2. The molecule has 0 aromatic heterocycles. The Morgan fingerprint density at radius 3 is 0.471 bits per heavy atom. The van der Waals surface area contributed by atoms with E-state index in [9.17, 15) is 0 Å². The van der Waals surface area contributed by atoms with E-state index in [1.807, 2.05) is 0 Å². The zero-order valence-corrected chi connectivity index (χ0v) is 25.5. The highest BCUT2D eigenvalue weighted by Gasteiger charge is 2.33. The average molecular weight is 470 g/mol. The zero-order chi connectivity index (χ0) is 26.0. The highest BCUT2D eigenvalue weighted by Crippen LogP contribution is 2.26. The molecular formula is C33H45Si. The molecule has 1 heteroatoms. The molecule has 3 rings (SSSR count). The fraction of sp³-hybridized carbons (Fsp3) is 0.455. The summed E-state index contributed by atoms with van der Waals surface area (Å²) in [6.07, 6.45) is 0. The third kappa shape index (κ3) is 3.72. The van der Waals surface area contributed by atoms with Crippen LogP contribution < -0.4 is 15.6 Å². The van der Waals surface area contributed by atoms with Crippen molar-refractivity contribution in [3.8, 4) is 0 Å². The first-order chi connectivity index (χ1) is 15.7. The maximum atomic E-state index is 2.38. The van der Waals surface area contributed by atoms with Gasteiger partial charge in [0.05, 0.1) is 0 Å². The van der Waals surface area contributed by atoms with Crippen molar-refractivity contribution in [2.24, 2.45) is 0 Å². The van der Waals surface area contributed by atoms with Crippen molar-refractivity contribution in [3.05, 3.63) is 83.5 Å². The van der Waals surface area contributed by atoms with Crippen molar-refractivity contribution < 1.29 is 0 Å². The number of hydrogen-bond acceptors (Lipinski definition) is 0. The molecule has 0 fully saturated rings. The van der Waals surface area contributed by atoms with Gasteiger partial charge in [0.2, 0.25) is 0 Å². The summed E-state index contributed by atoms with van der Waals surface area (Å²) in [6, 6.07) is 0. The molecule has 1 radical (unpaired) electrons. The Morgan fingerprint density at radius 2 is 0.324 bits per heavy atom. The van der Waals surface area contributed by atoms with E-state index in [2.05, 4.69) is 104 Å². The average Bonchev–Trinajstić information content (AvgIpc) is 2.81. The number of hydrogen-bond donors (Lipinski definition) is 0. The Hall–Kier alpha value is -2.12. The molecule has 0 spiro atoms. The molecule has 0 saturated heterocycles. The molecule has 34 heavy (non-hydrogen) atoms. The lowest BCUT2D eigenvalue weighted by Gasteiger charge is -2.32. The van der Waals surface area contributed by atoms with Gasteiger partial charge in [0.25, 0.3) is 0 Å². The molecule has 0 saturated carbocycles. The molecule has 0 aliphatic rings. The van der Waals surface area contributed by atoms with Gasteiger partial charge in [-0.3, -0.25) is 0 Å². The maximum absolute atomic E-state index is 2.38. The van der Waals surface area contributed by atoms with E-state index in [-0.39, 0.29) is 0 Å². The largest absolute Gasteiger partial charge is 0.156 e. The van der Waals surface area contributed by atoms with Crippen LogP contribution in [0.1, 0.15) is 83.5 Å². The van der Waals surface area contributed by atoms with Crippen molar-refractivity contribution in [1.29, 1.82) is 0 Å². The van der Waals surface area contributed by atoms with Crippen LogP contribution in [0.5, 0.6) is 0 Å². The fourth-order valence-corrected chi connectivity index (χ4v) is 10.1. The molecule has 0 aliphatic carbocycles. The number of benzene rings is 3. The minimum absolute atomic E-state index is 1.24. The van der Waals surface area contributed by atoms with Crippen LogP contribution in [0, 0.1) is 104 Å². The fourth-order valence-electron chi connectivity index (χ4n) is 6.00. The normalized spacial score (nSPS) is 11.6. The van der Waals surface area contributed by atoms with Crippen LogP contribution in [0.4, 0.5) is 0 Å². The van der Waals surface area contributed by atoms with Gasteiger partial charge in [0, 0.05) is 0 Å². The van der Waals surface area contributed by atoms with E-state index in [1.54, 1.807) is 15.6 Å². The van der Waals surface area contributed by atoms with Crippen molar-refractivity contribution in [1.82, 2.24) is 0 Å². The molecule has 0 nitrogen and oxygen atoms in total. The van der Waals surface area contributed by atoms with Gasteiger partial charge in [-0.2, -0.15) is 0 Å². The lowest BCUT2D eigenvalue weighted by molar-refractivity contribution is 1.18. The molecule has 0 unspecified atom stereocenters. The van der Waals surface area contributed by atoms with Gasteiger partial charge in [-0.1, -0.05) is 0 Å². The first-order valence-electron chi connectivity index (χ1n) is 12.8. The second-order valence-electron chi connectivity index (χ2n) is 10.9. The smallest absolute Gasteiger partial charge is 0.0478 e. The molecule has 0 aliphatic heterocycles. The van der Waals surface area contributed by atoms with Gasteiger partial charge < -0.3 is 0 Å². The summed E-state index contributed by atoms with van der Waals surface area (Å²) in [5.74, 6) is 0. The van der Waals surface area contributed by atoms with Crippen LogP contribution in [0.25, 0.3) is 0 Å². The van der Waals surface area contributed by atoms with Crippen LogP contribution in [-0.2, 0) is 0 Å². The molecule has 0 N–H and O–H groups in total. The Bertz CT molecular complexity index is 1080.